The summed E-state index contributed by atoms with van der Waals surface area (Å²) in [4.78, 5) is 34.6. The Labute approximate surface area is 177 Å². The molecule has 0 radical (unpaired) electrons. The van der Waals surface area contributed by atoms with E-state index in [-0.39, 0.29) is 17.7 Å². The summed E-state index contributed by atoms with van der Waals surface area (Å²) >= 11 is 0. The first-order chi connectivity index (χ1) is 14.4. The van der Waals surface area contributed by atoms with Gasteiger partial charge in [-0.3, -0.25) is 14.6 Å². The summed E-state index contributed by atoms with van der Waals surface area (Å²) in [5, 5.41) is 0.865. The Balaban J connectivity index is 1.64. The molecule has 2 fully saturated rings. The van der Waals surface area contributed by atoms with Crippen molar-refractivity contribution >= 4 is 22.7 Å². The van der Waals surface area contributed by atoms with E-state index in [1.807, 2.05) is 40.1 Å². The lowest BCUT2D eigenvalue weighted by Gasteiger charge is -2.28. The highest BCUT2D eigenvalue weighted by Crippen LogP contribution is 2.31. The molecule has 3 heterocycles. The number of methoxy groups -OCH3 is 1. The molecule has 0 aliphatic carbocycles. The molecule has 0 unspecified atom stereocenters. The third-order valence-corrected chi connectivity index (χ3v) is 6.18. The van der Waals surface area contributed by atoms with E-state index in [1.54, 1.807) is 21.0 Å². The number of carbonyl (C=O) groups excluding carboxylic acids is 2. The Morgan fingerprint density at radius 1 is 1.13 bits per heavy atom. The standard InChI is InChI=1S/C23H29N3O4/c1-23(2,29-3)22(28)26-9-8-16(15-26)20-14-18(17-6-4-5-7-19(17)24-20)21(27)25-10-12-30-13-11-25/h4-7,14,16H,8-13,15H2,1-3H3/t16-/m1/s1. The van der Waals surface area contributed by atoms with E-state index in [4.69, 9.17) is 14.5 Å². The molecule has 1 atom stereocenters. The molecular weight excluding hydrogens is 382 g/mol. The van der Waals surface area contributed by atoms with Gasteiger partial charge in [0.25, 0.3) is 11.8 Å². The van der Waals surface area contributed by atoms with Crippen molar-refractivity contribution in [2.75, 3.05) is 46.5 Å². The Hall–Kier alpha value is -2.51. The number of ether oxygens (including phenoxy) is 2. The third kappa shape index (κ3) is 3.91. The molecule has 0 bridgehead atoms. The number of morpholine rings is 1. The Morgan fingerprint density at radius 3 is 2.60 bits per heavy atom. The number of para-hydroxylation sites is 1. The van der Waals surface area contributed by atoms with Gasteiger partial charge in [-0.25, -0.2) is 0 Å². The fourth-order valence-corrected chi connectivity index (χ4v) is 4.17. The van der Waals surface area contributed by atoms with Crippen LogP contribution in [0.2, 0.25) is 0 Å². The van der Waals surface area contributed by atoms with Crippen LogP contribution in [0, 0.1) is 0 Å². The van der Waals surface area contributed by atoms with Gasteiger partial charge < -0.3 is 19.3 Å². The van der Waals surface area contributed by atoms with Crippen LogP contribution in [0.4, 0.5) is 0 Å². The van der Waals surface area contributed by atoms with Gasteiger partial charge >= 0.3 is 0 Å². The number of nitrogens with zero attached hydrogens (tertiary/aromatic N) is 3. The van der Waals surface area contributed by atoms with Crippen LogP contribution in [0.3, 0.4) is 0 Å². The number of pyridine rings is 1. The van der Waals surface area contributed by atoms with Crippen LogP contribution in [0.15, 0.2) is 30.3 Å². The molecule has 0 N–H and O–H groups in total. The first-order valence-corrected chi connectivity index (χ1v) is 10.5. The lowest BCUT2D eigenvalue weighted by Crippen LogP contribution is -2.45. The maximum atomic E-state index is 13.3. The van der Waals surface area contributed by atoms with Gasteiger partial charge in [0, 0.05) is 50.3 Å². The lowest BCUT2D eigenvalue weighted by atomic mass is 9.98. The average Bonchev–Trinajstić information content (AvgIpc) is 3.28. The highest BCUT2D eigenvalue weighted by atomic mass is 16.5. The van der Waals surface area contributed by atoms with Crippen molar-refractivity contribution in [3.05, 3.63) is 41.6 Å². The molecule has 2 aliphatic heterocycles. The second kappa shape index (κ2) is 8.32. The van der Waals surface area contributed by atoms with Gasteiger partial charge in [0.2, 0.25) is 0 Å². The molecule has 7 nitrogen and oxygen atoms in total. The van der Waals surface area contributed by atoms with E-state index < -0.39 is 5.60 Å². The number of carbonyl (C=O) groups is 2. The molecule has 0 spiro atoms. The van der Waals surface area contributed by atoms with Crippen LogP contribution in [0.5, 0.6) is 0 Å². The topological polar surface area (TPSA) is 72.0 Å². The zero-order valence-electron chi connectivity index (χ0n) is 17.9. The minimum atomic E-state index is -0.844. The van der Waals surface area contributed by atoms with Gasteiger partial charge in [-0.2, -0.15) is 0 Å². The molecule has 2 saturated heterocycles. The normalized spacial score (nSPS) is 20.0. The number of likely N-dealkylation sites (tertiary alicyclic amines) is 1. The molecule has 2 aliphatic rings. The Kier molecular flexibility index (Phi) is 5.75. The van der Waals surface area contributed by atoms with Crippen LogP contribution in [-0.2, 0) is 14.3 Å². The molecule has 0 saturated carbocycles. The molecule has 2 amide bonds. The largest absolute Gasteiger partial charge is 0.378 e. The minimum absolute atomic E-state index is 0.0158. The molecular formula is C23H29N3O4. The van der Waals surface area contributed by atoms with Crippen molar-refractivity contribution in [3.8, 4) is 0 Å². The number of fused-ring (bicyclic) bond motifs is 1. The van der Waals surface area contributed by atoms with Crippen LogP contribution in [-0.4, -0.2) is 78.7 Å². The average molecular weight is 412 g/mol. The number of rotatable bonds is 4. The van der Waals surface area contributed by atoms with Gasteiger partial charge in [-0.1, -0.05) is 18.2 Å². The van der Waals surface area contributed by atoms with Crippen LogP contribution in [0.1, 0.15) is 42.2 Å². The second-order valence-corrected chi connectivity index (χ2v) is 8.47. The first-order valence-electron chi connectivity index (χ1n) is 10.5. The van der Waals surface area contributed by atoms with Gasteiger partial charge in [-0.15, -0.1) is 0 Å². The van der Waals surface area contributed by atoms with Gasteiger partial charge in [0.1, 0.15) is 5.60 Å². The zero-order valence-corrected chi connectivity index (χ0v) is 17.9. The fraction of sp³-hybridized carbons (Fsp3) is 0.522. The molecule has 160 valence electrons. The van der Waals surface area contributed by atoms with Crippen LogP contribution in [0.25, 0.3) is 10.9 Å². The van der Waals surface area contributed by atoms with Crippen molar-refractivity contribution in [1.82, 2.24) is 14.8 Å². The summed E-state index contributed by atoms with van der Waals surface area (Å²) in [6.07, 6.45) is 0.821. The van der Waals surface area contributed by atoms with Crippen LogP contribution < -0.4 is 0 Å². The van der Waals surface area contributed by atoms with Crippen molar-refractivity contribution in [1.29, 1.82) is 0 Å². The number of aromatic nitrogens is 1. The number of hydrogen-bond donors (Lipinski definition) is 0. The third-order valence-electron chi connectivity index (χ3n) is 6.18. The van der Waals surface area contributed by atoms with E-state index in [1.165, 1.54) is 0 Å². The predicted octanol–water partition coefficient (Wildman–Crippen LogP) is 2.45. The summed E-state index contributed by atoms with van der Waals surface area (Å²) < 4.78 is 10.8. The van der Waals surface area contributed by atoms with E-state index >= 15 is 0 Å². The Morgan fingerprint density at radius 2 is 1.87 bits per heavy atom. The molecule has 30 heavy (non-hydrogen) atoms. The summed E-state index contributed by atoms with van der Waals surface area (Å²) in [5.74, 6) is 0.102. The van der Waals surface area contributed by atoms with Crippen LogP contribution >= 0.6 is 0 Å². The fourth-order valence-electron chi connectivity index (χ4n) is 4.17. The van der Waals surface area contributed by atoms with E-state index in [0.717, 1.165) is 23.0 Å². The first kappa shape index (κ1) is 20.8. The predicted molar refractivity (Wildman–Crippen MR) is 113 cm³/mol. The smallest absolute Gasteiger partial charge is 0.254 e. The quantitative estimate of drug-likeness (QED) is 0.773. The minimum Gasteiger partial charge on any atom is -0.378 e. The van der Waals surface area contributed by atoms with Gasteiger partial charge in [0.15, 0.2) is 0 Å². The van der Waals surface area contributed by atoms with E-state index in [9.17, 15) is 9.59 Å². The molecule has 4 rings (SSSR count). The zero-order chi connectivity index (χ0) is 21.3. The summed E-state index contributed by atoms with van der Waals surface area (Å²) in [6, 6.07) is 9.70. The summed E-state index contributed by atoms with van der Waals surface area (Å²) in [7, 11) is 1.56. The molecule has 2 aromatic rings. The lowest BCUT2D eigenvalue weighted by molar-refractivity contribution is -0.149. The Bertz CT molecular complexity index is 953. The summed E-state index contributed by atoms with van der Waals surface area (Å²) in [5.41, 5.74) is 1.52. The SMILES string of the molecule is COC(C)(C)C(=O)N1CC[C@@H](c2cc(C(=O)N3CCOCC3)c3ccccc3n2)C1. The molecule has 1 aromatic heterocycles. The number of benzene rings is 1. The maximum Gasteiger partial charge on any atom is 0.254 e. The maximum absolute atomic E-state index is 13.3. The highest BCUT2D eigenvalue weighted by Gasteiger charge is 2.37. The highest BCUT2D eigenvalue weighted by molar-refractivity contribution is 6.06. The van der Waals surface area contributed by atoms with E-state index in [0.29, 0.717) is 45.0 Å². The second-order valence-electron chi connectivity index (χ2n) is 8.47. The van der Waals surface area contributed by atoms with Crippen molar-refractivity contribution in [3.63, 3.8) is 0 Å². The van der Waals surface area contributed by atoms with E-state index in [2.05, 4.69) is 0 Å². The number of amides is 2. The van der Waals surface area contributed by atoms with Gasteiger partial charge in [-0.05, 0) is 32.4 Å². The van der Waals surface area contributed by atoms with Crippen molar-refractivity contribution in [2.24, 2.45) is 0 Å². The summed E-state index contributed by atoms with van der Waals surface area (Å²) in [6.45, 7) is 7.16. The van der Waals surface area contributed by atoms with Crippen molar-refractivity contribution < 1.29 is 19.1 Å². The molecule has 1 aromatic carbocycles. The van der Waals surface area contributed by atoms with Crippen molar-refractivity contribution in [2.45, 2.75) is 31.8 Å². The number of hydrogen-bond acceptors (Lipinski definition) is 5. The monoisotopic (exact) mass is 411 g/mol. The molecule has 7 heteroatoms. The van der Waals surface area contributed by atoms with Gasteiger partial charge in [0.05, 0.1) is 24.3 Å².